The van der Waals surface area contributed by atoms with Crippen LogP contribution in [0.25, 0.3) is 0 Å². The second kappa shape index (κ2) is 5.91. The Morgan fingerprint density at radius 3 is 2.47 bits per heavy atom. The van der Waals surface area contributed by atoms with Crippen molar-refractivity contribution in [2.24, 2.45) is 0 Å². The van der Waals surface area contributed by atoms with Gasteiger partial charge in [-0.1, -0.05) is 11.6 Å². The lowest BCUT2D eigenvalue weighted by atomic mass is 9.95. The van der Waals surface area contributed by atoms with Gasteiger partial charge in [0.25, 0.3) is 0 Å². The van der Waals surface area contributed by atoms with E-state index in [0.717, 1.165) is 0 Å². The van der Waals surface area contributed by atoms with E-state index >= 15 is 0 Å². The number of nitrogens with one attached hydrogen (secondary N) is 1. The SMILES string of the molecule is O=C1CCC(NS(=O)(=O)c2ccc(Cl)c(Br)c2)CC1. The number of carbonyl (C=O) groups excluding carboxylic acids is 1. The number of hydrogen-bond acceptors (Lipinski definition) is 3. The quantitative estimate of drug-likeness (QED) is 0.894. The molecule has 104 valence electrons. The van der Waals surface area contributed by atoms with Crippen molar-refractivity contribution in [3.8, 4) is 0 Å². The fourth-order valence-corrected chi connectivity index (χ4v) is 3.97. The minimum Gasteiger partial charge on any atom is -0.300 e. The van der Waals surface area contributed by atoms with Gasteiger partial charge in [-0.25, -0.2) is 13.1 Å². The molecule has 1 aromatic rings. The number of carbonyl (C=O) groups is 1. The molecule has 1 aliphatic carbocycles. The molecule has 0 saturated heterocycles. The number of rotatable bonds is 3. The molecule has 7 heteroatoms. The van der Waals surface area contributed by atoms with Crippen molar-refractivity contribution in [1.82, 2.24) is 4.72 Å². The smallest absolute Gasteiger partial charge is 0.240 e. The van der Waals surface area contributed by atoms with Gasteiger partial charge in [0.2, 0.25) is 10.0 Å². The summed E-state index contributed by atoms with van der Waals surface area (Å²) in [6.07, 6.45) is 2.01. The second-order valence-electron chi connectivity index (χ2n) is 4.51. The Kier molecular flexibility index (Phi) is 4.66. The highest BCUT2D eigenvalue weighted by Gasteiger charge is 2.24. The molecule has 1 aliphatic rings. The maximum Gasteiger partial charge on any atom is 0.240 e. The van der Waals surface area contributed by atoms with Crippen LogP contribution >= 0.6 is 27.5 Å². The summed E-state index contributed by atoms with van der Waals surface area (Å²) in [5.41, 5.74) is 0. The van der Waals surface area contributed by atoms with E-state index < -0.39 is 10.0 Å². The van der Waals surface area contributed by atoms with Crippen LogP contribution in [0.2, 0.25) is 5.02 Å². The van der Waals surface area contributed by atoms with Gasteiger partial charge in [0, 0.05) is 23.4 Å². The first-order chi connectivity index (χ1) is 8.88. The number of Topliss-reactive ketones (excluding diaryl/α,β-unsaturated/α-hetero) is 1. The summed E-state index contributed by atoms with van der Waals surface area (Å²) in [4.78, 5) is 11.3. The first-order valence-corrected chi connectivity index (χ1v) is 8.53. The Morgan fingerprint density at radius 1 is 1.26 bits per heavy atom. The van der Waals surface area contributed by atoms with Crippen LogP contribution in [0.1, 0.15) is 25.7 Å². The van der Waals surface area contributed by atoms with Gasteiger partial charge in [-0.05, 0) is 47.0 Å². The number of sulfonamides is 1. The maximum atomic E-state index is 12.2. The summed E-state index contributed by atoms with van der Waals surface area (Å²) in [7, 11) is -3.57. The molecule has 1 saturated carbocycles. The van der Waals surface area contributed by atoms with Crippen molar-refractivity contribution < 1.29 is 13.2 Å². The predicted octanol–water partition coefficient (Wildman–Crippen LogP) is 2.89. The summed E-state index contributed by atoms with van der Waals surface area (Å²) in [6, 6.07) is 4.30. The molecular weight excluding hydrogens is 354 g/mol. The number of halogens is 2. The molecule has 0 spiro atoms. The Labute approximate surface area is 125 Å². The summed E-state index contributed by atoms with van der Waals surface area (Å²) in [5.74, 6) is 0.199. The van der Waals surface area contributed by atoms with Crippen molar-refractivity contribution in [2.45, 2.75) is 36.6 Å². The molecular formula is C12H13BrClNO3S. The molecule has 0 aliphatic heterocycles. The van der Waals surface area contributed by atoms with Crippen molar-refractivity contribution >= 4 is 43.3 Å². The lowest BCUT2D eigenvalue weighted by Crippen LogP contribution is -2.37. The van der Waals surface area contributed by atoms with Crippen molar-refractivity contribution in [1.29, 1.82) is 0 Å². The molecule has 0 atom stereocenters. The first-order valence-electron chi connectivity index (χ1n) is 5.87. The van der Waals surface area contributed by atoms with Gasteiger partial charge in [-0.15, -0.1) is 0 Å². The molecule has 0 bridgehead atoms. The van der Waals surface area contributed by atoms with Crippen LogP contribution < -0.4 is 4.72 Å². The minimum atomic E-state index is -3.57. The molecule has 1 fully saturated rings. The normalized spacial score (nSPS) is 17.7. The Balaban J connectivity index is 2.13. The maximum absolute atomic E-state index is 12.2. The second-order valence-corrected chi connectivity index (χ2v) is 7.49. The van der Waals surface area contributed by atoms with Crippen molar-refractivity contribution in [2.75, 3.05) is 0 Å². The summed E-state index contributed by atoms with van der Waals surface area (Å²) in [5, 5.41) is 0.460. The molecule has 0 amide bonds. The van der Waals surface area contributed by atoms with Gasteiger partial charge in [0.05, 0.1) is 9.92 Å². The Hall–Kier alpha value is -0.430. The van der Waals surface area contributed by atoms with Crippen LogP contribution in [0.4, 0.5) is 0 Å². The van der Waals surface area contributed by atoms with E-state index in [1.165, 1.54) is 18.2 Å². The van der Waals surface area contributed by atoms with Gasteiger partial charge in [0.1, 0.15) is 5.78 Å². The summed E-state index contributed by atoms with van der Waals surface area (Å²) in [6.45, 7) is 0. The lowest BCUT2D eigenvalue weighted by Gasteiger charge is -2.22. The fourth-order valence-electron chi connectivity index (χ4n) is 1.99. The van der Waals surface area contributed by atoms with Gasteiger partial charge >= 0.3 is 0 Å². The summed E-state index contributed by atoms with van der Waals surface area (Å²) >= 11 is 9.04. The number of benzene rings is 1. The fraction of sp³-hybridized carbons (Fsp3) is 0.417. The highest BCUT2D eigenvalue weighted by Crippen LogP contribution is 2.26. The van der Waals surface area contributed by atoms with Crippen LogP contribution in [0, 0.1) is 0 Å². The van der Waals surface area contributed by atoms with E-state index in [1.807, 2.05) is 0 Å². The molecule has 0 aromatic heterocycles. The molecule has 4 nitrogen and oxygen atoms in total. The van der Waals surface area contributed by atoms with E-state index in [0.29, 0.717) is 35.2 Å². The van der Waals surface area contributed by atoms with Crippen LogP contribution in [0.15, 0.2) is 27.6 Å². The third-order valence-electron chi connectivity index (χ3n) is 3.07. The Bertz CT molecular complexity index is 593. The molecule has 1 aromatic carbocycles. The van der Waals surface area contributed by atoms with Gasteiger partial charge in [-0.3, -0.25) is 4.79 Å². The van der Waals surface area contributed by atoms with Crippen molar-refractivity contribution in [3.63, 3.8) is 0 Å². The Morgan fingerprint density at radius 2 is 1.89 bits per heavy atom. The highest BCUT2D eigenvalue weighted by molar-refractivity contribution is 9.10. The van der Waals surface area contributed by atoms with Crippen LogP contribution in [-0.2, 0) is 14.8 Å². The average Bonchev–Trinajstić information content (AvgIpc) is 2.35. The third-order valence-corrected chi connectivity index (χ3v) is 5.80. The summed E-state index contributed by atoms with van der Waals surface area (Å²) < 4.78 is 27.5. The molecule has 0 radical (unpaired) electrons. The molecule has 0 unspecified atom stereocenters. The van der Waals surface area contributed by atoms with Crippen LogP contribution in [0.3, 0.4) is 0 Å². The lowest BCUT2D eigenvalue weighted by molar-refractivity contribution is -0.120. The molecule has 1 N–H and O–H groups in total. The first kappa shape index (κ1) is 15.0. The zero-order chi connectivity index (χ0) is 14.0. The third kappa shape index (κ3) is 3.78. The van der Waals surface area contributed by atoms with E-state index in [4.69, 9.17) is 11.6 Å². The van der Waals surface area contributed by atoms with E-state index in [9.17, 15) is 13.2 Å². The largest absolute Gasteiger partial charge is 0.300 e. The average molecular weight is 367 g/mol. The van der Waals surface area contributed by atoms with E-state index in [-0.39, 0.29) is 16.7 Å². The number of hydrogen-bond donors (Lipinski definition) is 1. The number of ketones is 1. The standard InChI is InChI=1S/C12H13BrClNO3S/c13-11-7-10(5-6-12(11)14)19(17,18)15-8-1-3-9(16)4-2-8/h5-8,15H,1-4H2. The van der Waals surface area contributed by atoms with Gasteiger partial charge < -0.3 is 0 Å². The minimum absolute atomic E-state index is 0.167. The van der Waals surface area contributed by atoms with Gasteiger partial charge in [-0.2, -0.15) is 0 Å². The van der Waals surface area contributed by atoms with Gasteiger partial charge in [0.15, 0.2) is 0 Å². The van der Waals surface area contributed by atoms with E-state index in [2.05, 4.69) is 20.7 Å². The topological polar surface area (TPSA) is 63.2 Å². The zero-order valence-corrected chi connectivity index (χ0v) is 13.2. The van der Waals surface area contributed by atoms with E-state index in [1.54, 1.807) is 0 Å². The monoisotopic (exact) mass is 365 g/mol. The van der Waals surface area contributed by atoms with Crippen LogP contribution in [0.5, 0.6) is 0 Å². The van der Waals surface area contributed by atoms with Crippen LogP contribution in [-0.4, -0.2) is 20.2 Å². The van der Waals surface area contributed by atoms with Crippen molar-refractivity contribution in [3.05, 3.63) is 27.7 Å². The predicted molar refractivity (Wildman–Crippen MR) is 76.7 cm³/mol. The molecule has 19 heavy (non-hydrogen) atoms. The zero-order valence-electron chi connectivity index (χ0n) is 10.0. The highest BCUT2D eigenvalue weighted by atomic mass is 79.9. The molecule has 0 heterocycles. The molecule has 2 rings (SSSR count).